The number of carbonyl (C=O) groups is 1. The molecule has 1 heterocycles. The van der Waals surface area contributed by atoms with Crippen LogP contribution in [0.15, 0.2) is 58.5 Å². The number of hydrogen-bond donors (Lipinski definition) is 1. The van der Waals surface area contributed by atoms with Crippen LogP contribution in [0.5, 0.6) is 0 Å². The monoisotopic (exact) mass is 415 g/mol. The Labute approximate surface area is 173 Å². The van der Waals surface area contributed by atoms with E-state index in [0.29, 0.717) is 34.2 Å². The number of nitrogens with one attached hydrogen (secondary N) is 1. The minimum atomic E-state index is -0.109. The van der Waals surface area contributed by atoms with Crippen LogP contribution in [0.3, 0.4) is 0 Å². The maximum Gasteiger partial charge on any atom is 0.262 e. The van der Waals surface area contributed by atoms with Crippen LogP contribution in [-0.2, 0) is 17.9 Å². The van der Waals surface area contributed by atoms with Gasteiger partial charge in [-0.05, 0) is 29.7 Å². The van der Waals surface area contributed by atoms with Crippen LogP contribution in [0.2, 0.25) is 5.02 Å². The van der Waals surface area contributed by atoms with Crippen LogP contribution in [0.1, 0.15) is 19.4 Å². The zero-order chi connectivity index (χ0) is 20.1. The molecule has 0 bridgehead atoms. The molecule has 3 rings (SSSR count). The molecule has 0 fully saturated rings. The number of nitrogens with zero attached hydrogens (tertiary/aromatic N) is 2. The summed E-state index contributed by atoms with van der Waals surface area (Å²) < 4.78 is 1.65. The number of carbonyl (C=O) groups excluding carboxylic acids is 1. The summed E-state index contributed by atoms with van der Waals surface area (Å²) in [7, 11) is 0. The van der Waals surface area contributed by atoms with Gasteiger partial charge in [-0.2, -0.15) is 0 Å². The first-order valence-corrected chi connectivity index (χ1v) is 10.4. The summed E-state index contributed by atoms with van der Waals surface area (Å²) in [6, 6.07) is 14.8. The Morgan fingerprint density at radius 3 is 2.68 bits per heavy atom. The summed E-state index contributed by atoms with van der Waals surface area (Å²) in [6.45, 7) is 5.09. The molecule has 0 atom stereocenters. The van der Waals surface area contributed by atoms with Crippen LogP contribution in [0.25, 0.3) is 10.9 Å². The molecular formula is C21H22ClN3O2S. The van der Waals surface area contributed by atoms with E-state index in [0.717, 1.165) is 5.56 Å². The van der Waals surface area contributed by atoms with Gasteiger partial charge >= 0.3 is 0 Å². The molecule has 0 aliphatic carbocycles. The largest absolute Gasteiger partial charge is 0.351 e. The lowest BCUT2D eigenvalue weighted by Gasteiger charge is -2.15. The van der Waals surface area contributed by atoms with Crippen molar-refractivity contribution in [3.8, 4) is 0 Å². The Kier molecular flexibility index (Phi) is 6.75. The minimum absolute atomic E-state index is 0.106. The van der Waals surface area contributed by atoms with Crippen LogP contribution in [0.4, 0.5) is 0 Å². The maximum atomic E-state index is 12.9. The van der Waals surface area contributed by atoms with Crippen molar-refractivity contribution in [1.82, 2.24) is 14.9 Å². The quantitative estimate of drug-likeness (QED) is 0.465. The lowest BCUT2D eigenvalue weighted by atomic mass is 10.2. The molecule has 1 aromatic heterocycles. The van der Waals surface area contributed by atoms with E-state index in [1.54, 1.807) is 22.8 Å². The predicted molar refractivity (Wildman–Crippen MR) is 115 cm³/mol. The summed E-state index contributed by atoms with van der Waals surface area (Å²) in [6.07, 6.45) is 0. The second-order valence-corrected chi connectivity index (χ2v) is 8.30. The number of hydrogen-bond acceptors (Lipinski definition) is 4. The normalized spacial score (nSPS) is 11.1. The van der Waals surface area contributed by atoms with E-state index in [2.05, 4.69) is 10.3 Å². The number of aromatic nitrogens is 2. The molecule has 28 heavy (non-hydrogen) atoms. The summed E-state index contributed by atoms with van der Waals surface area (Å²) in [5, 5.41) is 4.48. The molecule has 1 N–H and O–H groups in total. The third-order valence-electron chi connectivity index (χ3n) is 4.09. The zero-order valence-electron chi connectivity index (χ0n) is 15.8. The lowest BCUT2D eigenvalue weighted by Crippen LogP contribution is -2.27. The standard InChI is InChI=1S/C21H22ClN3O2S/c1-14(2)12-25-20(27)17-9-8-16(22)10-18(17)24-21(25)28-13-19(26)23-11-15-6-4-3-5-7-15/h3-10,14H,11-13H2,1-2H3,(H,23,26). The summed E-state index contributed by atoms with van der Waals surface area (Å²) >= 11 is 7.32. The fraction of sp³-hybridized carbons (Fsp3) is 0.286. The van der Waals surface area contributed by atoms with Crippen molar-refractivity contribution in [1.29, 1.82) is 0 Å². The van der Waals surface area contributed by atoms with Gasteiger partial charge in [0, 0.05) is 18.1 Å². The van der Waals surface area contributed by atoms with E-state index in [1.807, 2.05) is 44.2 Å². The molecule has 0 spiro atoms. The van der Waals surface area contributed by atoms with Gasteiger partial charge in [0.2, 0.25) is 5.91 Å². The van der Waals surface area contributed by atoms with Gasteiger partial charge in [0.15, 0.2) is 5.16 Å². The van der Waals surface area contributed by atoms with E-state index in [4.69, 9.17) is 11.6 Å². The van der Waals surface area contributed by atoms with Gasteiger partial charge in [-0.15, -0.1) is 0 Å². The highest BCUT2D eigenvalue weighted by Gasteiger charge is 2.14. The number of fused-ring (bicyclic) bond motifs is 1. The first-order chi connectivity index (χ1) is 13.4. The predicted octanol–water partition coefficient (Wildman–Crippen LogP) is 4.11. The summed E-state index contributed by atoms with van der Waals surface area (Å²) in [5.41, 5.74) is 1.48. The van der Waals surface area contributed by atoms with Crippen molar-refractivity contribution < 1.29 is 4.79 Å². The second kappa shape index (κ2) is 9.26. The Balaban J connectivity index is 1.78. The van der Waals surface area contributed by atoms with Gasteiger partial charge in [0.1, 0.15) is 0 Å². The highest BCUT2D eigenvalue weighted by Crippen LogP contribution is 2.21. The molecular weight excluding hydrogens is 394 g/mol. The smallest absolute Gasteiger partial charge is 0.262 e. The average molecular weight is 416 g/mol. The van der Waals surface area contributed by atoms with Crippen molar-refractivity contribution in [2.75, 3.05) is 5.75 Å². The SMILES string of the molecule is CC(C)Cn1c(SCC(=O)NCc2ccccc2)nc2cc(Cl)ccc2c1=O. The Morgan fingerprint density at radius 2 is 1.96 bits per heavy atom. The van der Waals surface area contributed by atoms with E-state index < -0.39 is 0 Å². The van der Waals surface area contributed by atoms with E-state index in [9.17, 15) is 9.59 Å². The summed E-state index contributed by atoms with van der Waals surface area (Å²) in [4.78, 5) is 29.8. The topological polar surface area (TPSA) is 64.0 Å². The molecule has 3 aromatic rings. The lowest BCUT2D eigenvalue weighted by molar-refractivity contribution is -0.118. The highest BCUT2D eigenvalue weighted by atomic mass is 35.5. The van der Waals surface area contributed by atoms with E-state index in [1.165, 1.54) is 11.8 Å². The Morgan fingerprint density at radius 1 is 1.21 bits per heavy atom. The van der Waals surface area contributed by atoms with E-state index >= 15 is 0 Å². The minimum Gasteiger partial charge on any atom is -0.351 e. The first-order valence-electron chi connectivity index (χ1n) is 9.07. The average Bonchev–Trinajstić information content (AvgIpc) is 2.67. The number of benzene rings is 2. The Hall–Kier alpha value is -2.31. The molecule has 0 unspecified atom stereocenters. The van der Waals surface area contributed by atoms with Crippen LogP contribution < -0.4 is 10.9 Å². The van der Waals surface area contributed by atoms with Gasteiger partial charge in [-0.25, -0.2) is 4.98 Å². The van der Waals surface area contributed by atoms with Gasteiger partial charge in [0.05, 0.1) is 16.7 Å². The molecule has 2 aromatic carbocycles. The van der Waals surface area contributed by atoms with Crippen molar-refractivity contribution in [2.24, 2.45) is 5.92 Å². The van der Waals surface area contributed by atoms with E-state index in [-0.39, 0.29) is 23.1 Å². The van der Waals surface area contributed by atoms with Crippen molar-refractivity contribution in [2.45, 2.75) is 32.1 Å². The van der Waals surface area contributed by atoms with Crippen LogP contribution in [-0.4, -0.2) is 21.2 Å². The highest BCUT2D eigenvalue weighted by molar-refractivity contribution is 7.99. The molecule has 0 saturated carbocycles. The van der Waals surface area contributed by atoms with Crippen molar-refractivity contribution in [3.05, 3.63) is 69.5 Å². The first kappa shape index (κ1) is 20.4. The molecule has 0 radical (unpaired) electrons. The molecule has 146 valence electrons. The number of halogens is 1. The van der Waals surface area contributed by atoms with Crippen molar-refractivity contribution >= 4 is 40.2 Å². The molecule has 0 aliphatic rings. The van der Waals surface area contributed by atoms with Gasteiger partial charge < -0.3 is 5.32 Å². The van der Waals surface area contributed by atoms with Crippen molar-refractivity contribution in [3.63, 3.8) is 0 Å². The molecule has 5 nitrogen and oxygen atoms in total. The van der Waals surface area contributed by atoms with Crippen LogP contribution >= 0.6 is 23.4 Å². The molecule has 7 heteroatoms. The number of amides is 1. The molecule has 1 amide bonds. The molecule has 0 aliphatic heterocycles. The number of thioether (sulfide) groups is 1. The zero-order valence-corrected chi connectivity index (χ0v) is 17.4. The van der Waals surface area contributed by atoms with Crippen LogP contribution in [0, 0.1) is 5.92 Å². The maximum absolute atomic E-state index is 12.9. The molecule has 0 saturated heterocycles. The third-order valence-corrected chi connectivity index (χ3v) is 5.31. The fourth-order valence-corrected chi connectivity index (χ4v) is 3.79. The van der Waals surface area contributed by atoms with Gasteiger partial charge in [-0.1, -0.05) is 67.5 Å². The number of rotatable bonds is 7. The second-order valence-electron chi connectivity index (χ2n) is 6.92. The fourth-order valence-electron chi connectivity index (χ4n) is 2.79. The third kappa shape index (κ3) is 5.14. The summed E-state index contributed by atoms with van der Waals surface area (Å²) in [5.74, 6) is 0.351. The van der Waals surface area contributed by atoms with Gasteiger partial charge in [-0.3, -0.25) is 14.2 Å². The van der Waals surface area contributed by atoms with Gasteiger partial charge in [0.25, 0.3) is 5.56 Å². The Bertz CT molecular complexity index is 1030.